The fourth-order valence-corrected chi connectivity index (χ4v) is 5.36. The van der Waals surface area contributed by atoms with Crippen LogP contribution in [0.2, 0.25) is 0 Å². The molecule has 0 saturated heterocycles. The zero-order chi connectivity index (χ0) is 24.6. The van der Waals surface area contributed by atoms with Crippen molar-refractivity contribution in [2.75, 3.05) is 15.1 Å². The molecule has 1 aliphatic heterocycles. The Morgan fingerprint density at radius 1 is 1.11 bits per heavy atom. The minimum absolute atomic E-state index is 0.0436. The lowest BCUT2D eigenvalue weighted by Crippen LogP contribution is -2.55. The van der Waals surface area contributed by atoms with E-state index in [1.54, 1.807) is 35.5 Å². The number of aromatic nitrogens is 4. The summed E-state index contributed by atoms with van der Waals surface area (Å²) in [7, 11) is 0. The van der Waals surface area contributed by atoms with Gasteiger partial charge in [0, 0.05) is 17.1 Å². The van der Waals surface area contributed by atoms with Crippen LogP contribution in [0.4, 0.5) is 28.8 Å². The van der Waals surface area contributed by atoms with Crippen LogP contribution in [0.25, 0.3) is 10.9 Å². The third-order valence-electron chi connectivity index (χ3n) is 7.13. The Hall–Kier alpha value is -4.45. The monoisotopic (exact) mass is 478 g/mol. The number of benzene rings is 2. The van der Waals surface area contributed by atoms with Gasteiger partial charge in [0.15, 0.2) is 5.82 Å². The molecule has 1 amide bonds. The molecule has 2 aromatic carbocycles. The second-order valence-corrected chi connectivity index (χ2v) is 9.41. The fraction of sp³-hybridized carbons (Fsp3) is 0.296. The van der Waals surface area contributed by atoms with E-state index in [1.165, 1.54) is 6.42 Å². The maximum absolute atomic E-state index is 13.7. The van der Waals surface area contributed by atoms with Gasteiger partial charge in [0.1, 0.15) is 11.7 Å². The van der Waals surface area contributed by atoms with Gasteiger partial charge in [-0.2, -0.15) is 15.3 Å². The number of fused-ring (bicyclic) bond motifs is 2. The smallest absolute Gasteiger partial charge is 0.254 e. The number of nitriles is 1. The number of hydrogen-bond acceptors (Lipinski definition) is 7. The number of nitrogens with one attached hydrogen (secondary N) is 2. The lowest BCUT2D eigenvalue weighted by molar-refractivity contribution is -0.119. The molecule has 2 N–H and O–H groups in total. The second-order valence-electron chi connectivity index (χ2n) is 9.41. The summed E-state index contributed by atoms with van der Waals surface area (Å²) in [4.78, 5) is 27.1. The standard InChI is InChI=1S/C27H26N8O/c1-17-26(36)35(22-9-5-6-18(12-22)14-28)24-16-29-27(31-20-10-11-23-19(13-20)15-30-33-23)32-25(24)34(17)21-7-3-2-4-8-21/h5-6,9-13,15-17,21H,2-4,7-8H2,1H3,(H,30,33)(H,29,31,32)/t17-/m1/s1. The van der Waals surface area contributed by atoms with Crippen molar-refractivity contribution in [3.05, 3.63) is 60.4 Å². The molecule has 2 aliphatic rings. The van der Waals surface area contributed by atoms with E-state index in [2.05, 4.69) is 31.5 Å². The summed E-state index contributed by atoms with van der Waals surface area (Å²) < 4.78 is 0. The summed E-state index contributed by atoms with van der Waals surface area (Å²) in [6, 6.07) is 15.0. The highest BCUT2D eigenvalue weighted by Gasteiger charge is 2.41. The Morgan fingerprint density at radius 2 is 1.97 bits per heavy atom. The summed E-state index contributed by atoms with van der Waals surface area (Å²) >= 11 is 0. The molecule has 36 heavy (non-hydrogen) atoms. The predicted octanol–water partition coefficient (Wildman–Crippen LogP) is 5.17. The van der Waals surface area contributed by atoms with Gasteiger partial charge >= 0.3 is 0 Å². The van der Waals surface area contributed by atoms with Crippen LogP contribution in [-0.4, -0.2) is 38.2 Å². The number of amides is 1. The maximum atomic E-state index is 13.7. The average Bonchev–Trinajstić information content (AvgIpc) is 3.38. The lowest BCUT2D eigenvalue weighted by atomic mass is 9.92. The fourth-order valence-electron chi connectivity index (χ4n) is 5.36. The minimum Gasteiger partial charge on any atom is -0.340 e. The van der Waals surface area contributed by atoms with Gasteiger partial charge in [-0.25, -0.2) is 4.98 Å². The van der Waals surface area contributed by atoms with E-state index in [4.69, 9.17) is 4.98 Å². The highest BCUT2D eigenvalue weighted by atomic mass is 16.2. The lowest BCUT2D eigenvalue weighted by Gasteiger charge is -2.45. The maximum Gasteiger partial charge on any atom is 0.254 e. The van der Waals surface area contributed by atoms with E-state index < -0.39 is 6.04 Å². The SMILES string of the molecule is C[C@@H]1C(=O)N(c2cccc(C#N)c2)c2cnc(Nc3ccc4[nH]ncc4c3)nc2N1C1CCCCC1. The number of H-pyrrole nitrogens is 1. The number of aromatic amines is 1. The van der Waals surface area contributed by atoms with Gasteiger partial charge in [0.05, 0.1) is 35.2 Å². The van der Waals surface area contributed by atoms with Crippen LogP contribution < -0.4 is 15.1 Å². The Kier molecular flexibility index (Phi) is 5.49. The molecule has 1 aliphatic carbocycles. The van der Waals surface area contributed by atoms with E-state index in [0.717, 1.165) is 48.1 Å². The molecule has 3 heterocycles. The Morgan fingerprint density at radius 3 is 2.81 bits per heavy atom. The quantitative estimate of drug-likeness (QED) is 0.416. The first-order valence-corrected chi connectivity index (χ1v) is 12.3. The number of rotatable bonds is 4. The first-order valence-electron chi connectivity index (χ1n) is 12.3. The first kappa shape index (κ1) is 22.0. The van der Waals surface area contributed by atoms with Crippen LogP contribution in [0.3, 0.4) is 0 Å². The van der Waals surface area contributed by atoms with Crippen LogP contribution >= 0.6 is 0 Å². The van der Waals surface area contributed by atoms with Gasteiger partial charge in [0.25, 0.3) is 5.91 Å². The third-order valence-corrected chi connectivity index (χ3v) is 7.13. The number of hydrogen-bond donors (Lipinski definition) is 2. The highest BCUT2D eigenvalue weighted by molar-refractivity contribution is 6.10. The summed E-state index contributed by atoms with van der Waals surface area (Å²) in [6.45, 7) is 1.95. The Bertz CT molecular complexity index is 1480. The molecular formula is C27H26N8O. The van der Waals surface area contributed by atoms with Crippen LogP contribution in [0.1, 0.15) is 44.6 Å². The van der Waals surface area contributed by atoms with Gasteiger partial charge in [-0.05, 0) is 56.2 Å². The Balaban J connectivity index is 1.44. The first-order chi connectivity index (χ1) is 17.6. The van der Waals surface area contributed by atoms with Gasteiger partial charge in [-0.15, -0.1) is 0 Å². The van der Waals surface area contributed by atoms with Crippen LogP contribution in [0.15, 0.2) is 54.9 Å². The van der Waals surface area contributed by atoms with Gasteiger partial charge in [-0.1, -0.05) is 25.3 Å². The molecule has 0 spiro atoms. The number of anilines is 5. The molecule has 9 nitrogen and oxygen atoms in total. The van der Waals surface area contributed by atoms with Crippen molar-refractivity contribution in [1.29, 1.82) is 5.26 Å². The van der Waals surface area contributed by atoms with E-state index in [-0.39, 0.29) is 11.9 Å². The van der Waals surface area contributed by atoms with Gasteiger partial charge in [0.2, 0.25) is 5.95 Å². The van der Waals surface area contributed by atoms with Crippen molar-refractivity contribution in [1.82, 2.24) is 20.2 Å². The molecule has 1 saturated carbocycles. The van der Waals surface area contributed by atoms with Crippen molar-refractivity contribution in [2.45, 2.75) is 51.1 Å². The molecule has 0 radical (unpaired) electrons. The number of carbonyl (C=O) groups is 1. The third kappa shape index (κ3) is 3.81. The minimum atomic E-state index is -0.392. The normalized spacial score (nSPS) is 18.2. The van der Waals surface area contributed by atoms with E-state index in [9.17, 15) is 10.1 Å². The van der Waals surface area contributed by atoms with Crippen molar-refractivity contribution < 1.29 is 4.79 Å². The molecule has 1 atom stereocenters. The van der Waals surface area contributed by atoms with Crippen molar-refractivity contribution in [2.24, 2.45) is 0 Å². The molecule has 4 aromatic rings. The van der Waals surface area contributed by atoms with E-state index >= 15 is 0 Å². The van der Waals surface area contributed by atoms with E-state index in [0.29, 0.717) is 22.9 Å². The van der Waals surface area contributed by atoms with E-state index in [1.807, 2.05) is 31.2 Å². The zero-order valence-corrected chi connectivity index (χ0v) is 20.0. The highest BCUT2D eigenvalue weighted by Crippen LogP contribution is 2.42. The second kappa shape index (κ2) is 8.96. The van der Waals surface area contributed by atoms with Crippen LogP contribution in [-0.2, 0) is 4.79 Å². The zero-order valence-electron chi connectivity index (χ0n) is 20.0. The van der Waals surface area contributed by atoms with Gasteiger partial charge in [-0.3, -0.25) is 14.8 Å². The van der Waals surface area contributed by atoms with Crippen LogP contribution in [0, 0.1) is 11.3 Å². The molecule has 180 valence electrons. The average molecular weight is 479 g/mol. The summed E-state index contributed by atoms with van der Waals surface area (Å²) in [6.07, 6.45) is 9.06. The molecule has 0 bridgehead atoms. The Labute approximate surface area is 208 Å². The molecule has 2 aromatic heterocycles. The summed E-state index contributed by atoms with van der Waals surface area (Å²) in [5.74, 6) is 1.15. The molecule has 9 heteroatoms. The van der Waals surface area contributed by atoms with Gasteiger partial charge < -0.3 is 10.2 Å². The predicted molar refractivity (Wildman–Crippen MR) is 139 cm³/mol. The molecule has 6 rings (SSSR count). The number of carbonyl (C=O) groups excluding carboxylic acids is 1. The van der Waals surface area contributed by atoms with Crippen molar-refractivity contribution in [3.8, 4) is 6.07 Å². The van der Waals surface area contributed by atoms with Crippen molar-refractivity contribution >= 4 is 45.6 Å². The number of nitrogens with zero attached hydrogens (tertiary/aromatic N) is 6. The van der Waals surface area contributed by atoms with Crippen LogP contribution in [0.5, 0.6) is 0 Å². The summed E-state index contributed by atoms with van der Waals surface area (Å²) in [5.41, 5.74) is 3.59. The summed E-state index contributed by atoms with van der Waals surface area (Å²) in [5, 5.41) is 20.8. The molecular weight excluding hydrogens is 452 g/mol. The largest absolute Gasteiger partial charge is 0.340 e. The molecule has 1 fully saturated rings. The topological polar surface area (TPSA) is 114 Å². The molecule has 0 unspecified atom stereocenters. The van der Waals surface area contributed by atoms with Crippen molar-refractivity contribution in [3.63, 3.8) is 0 Å².